The molecule has 1 saturated heterocycles. The molecule has 5 nitrogen and oxygen atoms in total. The first-order valence-electron chi connectivity index (χ1n) is 9.26. The number of carbonyl (C=O) groups is 1. The van der Waals surface area contributed by atoms with Crippen molar-refractivity contribution in [2.24, 2.45) is 11.7 Å². The summed E-state index contributed by atoms with van der Waals surface area (Å²) in [4.78, 5) is 14.7. The van der Waals surface area contributed by atoms with Crippen LogP contribution in [0, 0.1) is 5.92 Å². The summed E-state index contributed by atoms with van der Waals surface area (Å²) in [6, 6.07) is 5.45. The molecule has 0 saturated carbocycles. The highest BCUT2D eigenvalue weighted by atomic mass is 32.2. The lowest BCUT2D eigenvalue weighted by molar-refractivity contribution is -0.135. The molecule has 25 heavy (non-hydrogen) atoms. The second-order valence-corrected chi connectivity index (χ2v) is 9.47. The SMILES string of the molecule is C[C@H]1CCCN(C(=O)CCS(=O)(=O)c2ccc3c(c2)CCC3)[C@@H]1CN. The van der Waals surface area contributed by atoms with Crippen LogP contribution in [-0.4, -0.2) is 44.1 Å². The van der Waals surface area contributed by atoms with E-state index in [1.54, 1.807) is 17.0 Å². The maximum atomic E-state index is 12.6. The van der Waals surface area contributed by atoms with Crippen molar-refractivity contribution < 1.29 is 13.2 Å². The van der Waals surface area contributed by atoms with Crippen molar-refractivity contribution in [3.8, 4) is 0 Å². The van der Waals surface area contributed by atoms with Gasteiger partial charge >= 0.3 is 0 Å². The maximum absolute atomic E-state index is 12.6. The van der Waals surface area contributed by atoms with Crippen LogP contribution in [0.2, 0.25) is 0 Å². The largest absolute Gasteiger partial charge is 0.338 e. The van der Waals surface area contributed by atoms with Gasteiger partial charge in [0.15, 0.2) is 9.84 Å². The first-order chi connectivity index (χ1) is 11.9. The normalized spacial score (nSPS) is 23.5. The van der Waals surface area contributed by atoms with Crippen LogP contribution in [0.25, 0.3) is 0 Å². The van der Waals surface area contributed by atoms with Gasteiger partial charge in [-0.1, -0.05) is 13.0 Å². The number of nitrogens with two attached hydrogens (primary N) is 1. The Labute approximate surface area is 150 Å². The number of aryl methyl sites for hydroxylation is 2. The summed E-state index contributed by atoms with van der Waals surface area (Å²) < 4.78 is 25.3. The van der Waals surface area contributed by atoms with E-state index in [0.717, 1.165) is 37.7 Å². The lowest BCUT2D eigenvalue weighted by atomic mass is 9.90. The van der Waals surface area contributed by atoms with Gasteiger partial charge in [-0.3, -0.25) is 4.79 Å². The topological polar surface area (TPSA) is 80.5 Å². The first kappa shape index (κ1) is 18.4. The molecule has 2 atom stereocenters. The Balaban J connectivity index is 1.66. The Hall–Kier alpha value is -1.40. The summed E-state index contributed by atoms with van der Waals surface area (Å²) >= 11 is 0. The zero-order valence-corrected chi connectivity index (χ0v) is 15.7. The first-order valence-corrected chi connectivity index (χ1v) is 10.9. The van der Waals surface area contributed by atoms with Gasteiger partial charge in [0.25, 0.3) is 0 Å². The van der Waals surface area contributed by atoms with Crippen LogP contribution in [-0.2, 0) is 27.5 Å². The average Bonchev–Trinajstić information content (AvgIpc) is 3.07. The van der Waals surface area contributed by atoms with E-state index in [0.29, 0.717) is 23.9 Å². The molecule has 1 aromatic rings. The molecule has 2 N–H and O–H groups in total. The molecule has 0 bridgehead atoms. The van der Waals surface area contributed by atoms with Gasteiger partial charge in [-0.25, -0.2) is 8.42 Å². The second kappa shape index (κ2) is 7.46. The fourth-order valence-corrected chi connectivity index (χ4v) is 5.42. The molecular formula is C19H28N2O3S. The van der Waals surface area contributed by atoms with Crippen molar-refractivity contribution in [1.29, 1.82) is 0 Å². The molecule has 1 aliphatic heterocycles. The molecule has 0 unspecified atom stereocenters. The number of sulfone groups is 1. The number of hydrogen-bond acceptors (Lipinski definition) is 4. The molecule has 1 aromatic carbocycles. The monoisotopic (exact) mass is 364 g/mol. The lowest BCUT2D eigenvalue weighted by Crippen LogP contribution is -2.51. The minimum Gasteiger partial charge on any atom is -0.338 e. The van der Waals surface area contributed by atoms with Crippen LogP contribution >= 0.6 is 0 Å². The molecule has 0 aromatic heterocycles. The molecular weight excluding hydrogens is 336 g/mol. The number of rotatable bonds is 5. The molecule has 0 radical (unpaired) electrons. The third-order valence-corrected chi connectivity index (χ3v) is 7.40. The second-order valence-electron chi connectivity index (χ2n) is 7.36. The molecule has 6 heteroatoms. The standard InChI is InChI=1S/C19H28N2O3S/c1-14-4-3-10-21(18(14)13-20)19(22)9-11-25(23,24)17-8-7-15-5-2-6-16(15)12-17/h7-8,12,14,18H,2-6,9-11,13,20H2,1H3/t14-,18+/m0/s1. The van der Waals surface area contributed by atoms with Crippen LogP contribution in [0.5, 0.6) is 0 Å². The number of piperidine rings is 1. The minimum absolute atomic E-state index is 0.0304. The van der Waals surface area contributed by atoms with Crippen molar-refractivity contribution in [2.45, 2.75) is 56.4 Å². The number of amides is 1. The van der Waals surface area contributed by atoms with E-state index in [2.05, 4.69) is 6.92 Å². The van der Waals surface area contributed by atoms with Crippen molar-refractivity contribution >= 4 is 15.7 Å². The van der Waals surface area contributed by atoms with E-state index < -0.39 is 9.84 Å². The Morgan fingerprint density at radius 1 is 1.24 bits per heavy atom. The van der Waals surface area contributed by atoms with Gasteiger partial charge in [-0.05, 0) is 61.3 Å². The number of fused-ring (bicyclic) bond motifs is 1. The zero-order valence-electron chi connectivity index (χ0n) is 14.9. The quantitative estimate of drug-likeness (QED) is 0.866. The van der Waals surface area contributed by atoms with Gasteiger partial charge in [0.1, 0.15) is 0 Å². The molecule has 1 amide bonds. The van der Waals surface area contributed by atoms with E-state index in [1.165, 1.54) is 5.56 Å². The van der Waals surface area contributed by atoms with E-state index in [-0.39, 0.29) is 24.1 Å². The summed E-state index contributed by atoms with van der Waals surface area (Å²) in [5, 5.41) is 0. The molecule has 1 fully saturated rings. The predicted octanol–water partition coefficient (Wildman–Crippen LogP) is 1.92. The highest BCUT2D eigenvalue weighted by Gasteiger charge is 2.31. The summed E-state index contributed by atoms with van der Waals surface area (Å²) in [5.41, 5.74) is 8.23. The molecule has 138 valence electrons. The van der Waals surface area contributed by atoms with Crippen LogP contribution < -0.4 is 5.73 Å². The van der Waals surface area contributed by atoms with E-state index in [9.17, 15) is 13.2 Å². The number of hydrogen-bond donors (Lipinski definition) is 1. The van der Waals surface area contributed by atoms with Crippen LogP contribution in [0.4, 0.5) is 0 Å². The van der Waals surface area contributed by atoms with Gasteiger partial charge < -0.3 is 10.6 Å². The molecule has 3 rings (SSSR count). The molecule has 2 aliphatic rings. The number of carbonyl (C=O) groups excluding carboxylic acids is 1. The van der Waals surface area contributed by atoms with Gasteiger partial charge in [-0.2, -0.15) is 0 Å². The summed E-state index contributed by atoms with van der Waals surface area (Å²) in [6.07, 6.45) is 5.12. The van der Waals surface area contributed by atoms with Gasteiger partial charge in [0.2, 0.25) is 5.91 Å². The fraction of sp³-hybridized carbons (Fsp3) is 0.632. The van der Waals surface area contributed by atoms with Gasteiger partial charge in [-0.15, -0.1) is 0 Å². The summed E-state index contributed by atoms with van der Waals surface area (Å²) in [7, 11) is -3.43. The van der Waals surface area contributed by atoms with Crippen LogP contribution in [0.1, 0.15) is 43.7 Å². The molecule has 1 heterocycles. The van der Waals surface area contributed by atoms with Crippen molar-refractivity contribution in [1.82, 2.24) is 4.90 Å². The van der Waals surface area contributed by atoms with Gasteiger partial charge in [0.05, 0.1) is 10.6 Å². The third kappa shape index (κ3) is 3.90. The van der Waals surface area contributed by atoms with E-state index >= 15 is 0 Å². The summed E-state index contributed by atoms with van der Waals surface area (Å²) in [5.74, 6) is 0.148. The van der Waals surface area contributed by atoms with Crippen LogP contribution in [0.3, 0.4) is 0 Å². The van der Waals surface area contributed by atoms with Gasteiger partial charge in [0, 0.05) is 25.6 Å². The van der Waals surface area contributed by atoms with Crippen molar-refractivity contribution in [2.75, 3.05) is 18.8 Å². The van der Waals surface area contributed by atoms with Crippen LogP contribution in [0.15, 0.2) is 23.1 Å². The fourth-order valence-electron chi connectivity index (χ4n) is 4.14. The Kier molecular flexibility index (Phi) is 5.49. The highest BCUT2D eigenvalue weighted by Crippen LogP contribution is 2.26. The highest BCUT2D eigenvalue weighted by molar-refractivity contribution is 7.91. The Morgan fingerprint density at radius 3 is 2.76 bits per heavy atom. The average molecular weight is 365 g/mol. The summed E-state index contributed by atoms with van der Waals surface area (Å²) in [6.45, 7) is 3.23. The van der Waals surface area contributed by atoms with Crippen molar-refractivity contribution in [3.63, 3.8) is 0 Å². The maximum Gasteiger partial charge on any atom is 0.223 e. The molecule has 0 spiro atoms. The lowest BCUT2D eigenvalue weighted by Gasteiger charge is -2.39. The number of likely N-dealkylation sites (tertiary alicyclic amines) is 1. The Bertz CT molecular complexity index is 745. The minimum atomic E-state index is -3.43. The molecule has 1 aliphatic carbocycles. The van der Waals surface area contributed by atoms with Crippen molar-refractivity contribution in [3.05, 3.63) is 29.3 Å². The van der Waals surface area contributed by atoms with E-state index in [4.69, 9.17) is 5.73 Å². The Morgan fingerprint density at radius 2 is 2.00 bits per heavy atom. The zero-order chi connectivity index (χ0) is 18.0. The number of benzene rings is 1. The van der Waals surface area contributed by atoms with E-state index in [1.807, 2.05) is 6.07 Å². The smallest absolute Gasteiger partial charge is 0.223 e. The predicted molar refractivity (Wildman–Crippen MR) is 98.1 cm³/mol. The number of nitrogens with zero attached hydrogens (tertiary/aromatic N) is 1. The third-order valence-electron chi connectivity index (χ3n) is 5.69.